The van der Waals surface area contributed by atoms with Gasteiger partial charge in [-0.15, -0.1) is 0 Å². The van der Waals surface area contributed by atoms with Crippen molar-refractivity contribution in [2.24, 2.45) is 0 Å². The molecule has 0 amide bonds. The minimum absolute atomic E-state index is 0.255. The number of aromatic nitrogens is 1. The fraction of sp³-hybridized carbons (Fsp3) is 0.0400. The lowest BCUT2D eigenvalue weighted by Crippen LogP contribution is -1.98. The van der Waals surface area contributed by atoms with Crippen LogP contribution in [0.15, 0.2) is 182 Å². The van der Waals surface area contributed by atoms with Gasteiger partial charge in [0.25, 0.3) is 0 Å². The van der Waals surface area contributed by atoms with Crippen LogP contribution in [0, 0.1) is 0 Å². The summed E-state index contributed by atoms with van der Waals surface area (Å²) in [6, 6.07) is 67.6. The molecule has 2 aliphatic carbocycles. The van der Waals surface area contributed by atoms with Crippen LogP contribution in [-0.2, 0) is 6.42 Å². The van der Waals surface area contributed by atoms with E-state index < -0.39 is 0 Å². The third-order valence-corrected chi connectivity index (χ3v) is 11.3. The highest BCUT2D eigenvalue weighted by atomic mass is 15.0. The lowest BCUT2D eigenvalue weighted by molar-refractivity contribution is 1.02. The maximum Gasteiger partial charge on any atom is 0.0544 e. The maximum absolute atomic E-state index is 2.47. The molecule has 0 bridgehead atoms. The Hall–Kier alpha value is -6.44. The van der Waals surface area contributed by atoms with Crippen LogP contribution in [0.4, 0.5) is 0 Å². The molecule has 1 nitrogen and oxygen atoms in total. The van der Waals surface area contributed by atoms with Gasteiger partial charge in [-0.1, -0.05) is 140 Å². The second-order valence-electron chi connectivity index (χ2n) is 14.1. The van der Waals surface area contributed by atoms with Crippen LogP contribution >= 0.6 is 0 Å². The third kappa shape index (κ3) is 4.35. The normalized spacial score (nSPS) is 14.0. The van der Waals surface area contributed by atoms with E-state index in [4.69, 9.17) is 0 Å². The van der Waals surface area contributed by atoms with Crippen molar-refractivity contribution in [1.29, 1.82) is 0 Å². The molecule has 0 saturated carbocycles. The highest BCUT2D eigenvalue weighted by Gasteiger charge is 2.30. The van der Waals surface area contributed by atoms with Gasteiger partial charge in [-0.2, -0.15) is 0 Å². The summed E-state index contributed by atoms with van der Waals surface area (Å²) in [5, 5.41) is 2.58. The summed E-state index contributed by atoms with van der Waals surface area (Å²) < 4.78 is 2.47. The molecule has 8 aromatic carbocycles. The fourth-order valence-electron chi connectivity index (χ4n) is 8.93. The Morgan fingerprint density at radius 1 is 0.373 bits per heavy atom. The van der Waals surface area contributed by atoms with Crippen molar-refractivity contribution < 1.29 is 0 Å². The molecule has 0 fully saturated rings. The van der Waals surface area contributed by atoms with E-state index in [2.05, 4.69) is 187 Å². The van der Waals surface area contributed by atoms with Gasteiger partial charge in [0.1, 0.15) is 0 Å². The van der Waals surface area contributed by atoms with Gasteiger partial charge < -0.3 is 4.57 Å². The van der Waals surface area contributed by atoms with Crippen LogP contribution in [0.5, 0.6) is 0 Å². The van der Waals surface area contributed by atoms with Gasteiger partial charge in [-0.25, -0.2) is 0 Å². The zero-order valence-electron chi connectivity index (χ0n) is 28.1. The van der Waals surface area contributed by atoms with Crippen LogP contribution in [0.25, 0.3) is 72.0 Å². The van der Waals surface area contributed by atoms with E-state index >= 15 is 0 Å². The third-order valence-electron chi connectivity index (χ3n) is 11.3. The molecule has 11 rings (SSSR count). The Labute approximate surface area is 297 Å². The summed E-state index contributed by atoms with van der Waals surface area (Å²) >= 11 is 0. The Morgan fingerprint density at radius 2 is 1.00 bits per heavy atom. The molecule has 1 heteroatoms. The molecule has 1 unspecified atom stereocenters. The summed E-state index contributed by atoms with van der Waals surface area (Å²) in [6.07, 6.45) is 0.974. The molecule has 0 spiro atoms. The molecule has 0 N–H and O–H groups in total. The summed E-state index contributed by atoms with van der Waals surface area (Å²) in [5.41, 5.74) is 21.0. The first-order chi connectivity index (χ1) is 25.3. The highest BCUT2D eigenvalue weighted by Crippen LogP contribution is 2.49. The molecule has 1 heterocycles. The van der Waals surface area contributed by atoms with Gasteiger partial charge >= 0.3 is 0 Å². The van der Waals surface area contributed by atoms with E-state index in [1.165, 1.54) is 99.8 Å². The SMILES string of the molecule is c1ccc(-c2ccc(-n3c4ccc(-c5ccc6c(c5)-c5ccccc5C6c5ccccc5)cc4c4cc5c(cc43)Cc3ccccc3-5)cc2)cc1. The van der Waals surface area contributed by atoms with E-state index in [1.54, 1.807) is 0 Å². The monoisotopic (exact) mass is 647 g/mol. The van der Waals surface area contributed by atoms with Crippen LogP contribution in [0.3, 0.4) is 0 Å². The van der Waals surface area contributed by atoms with Crippen molar-refractivity contribution in [2.45, 2.75) is 12.3 Å². The molecule has 238 valence electrons. The van der Waals surface area contributed by atoms with Crippen LogP contribution in [0.1, 0.15) is 33.7 Å². The molecule has 2 aliphatic rings. The van der Waals surface area contributed by atoms with Crippen molar-refractivity contribution in [3.63, 3.8) is 0 Å². The first-order valence-electron chi connectivity index (χ1n) is 17.9. The number of benzene rings is 8. The number of hydrogen-bond acceptors (Lipinski definition) is 0. The average molecular weight is 648 g/mol. The Balaban J connectivity index is 1.09. The van der Waals surface area contributed by atoms with Gasteiger partial charge in [0.15, 0.2) is 0 Å². The molecule has 51 heavy (non-hydrogen) atoms. The zero-order valence-corrected chi connectivity index (χ0v) is 28.1. The van der Waals surface area contributed by atoms with Crippen LogP contribution in [0.2, 0.25) is 0 Å². The average Bonchev–Trinajstić information content (AvgIpc) is 3.84. The topological polar surface area (TPSA) is 4.93 Å². The molecular formula is C50H33N. The molecule has 1 aromatic heterocycles. The van der Waals surface area contributed by atoms with Crippen molar-refractivity contribution >= 4 is 21.8 Å². The van der Waals surface area contributed by atoms with E-state index in [0.717, 1.165) is 6.42 Å². The second kappa shape index (κ2) is 11.0. The van der Waals surface area contributed by atoms with E-state index in [0.29, 0.717) is 0 Å². The Kier molecular flexibility index (Phi) is 6.15. The van der Waals surface area contributed by atoms with Gasteiger partial charge in [-0.05, 0) is 121 Å². The quantitative estimate of drug-likeness (QED) is 0.179. The fourth-order valence-corrected chi connectivity index (χ4v) is 8.93. The molecule has 0 aliphatic heterocycles. The van der Waals surface area contributed by atoms with Gasteiger partial charge in [-0.3, -0.25) is 0 Å². The minimum Gasteiger partial charge on any atom is -0.309 e. The van der Waals surface area contributed by atoms with Crippen molar-refractivity contribution in [2.75, 3.05) is 0 Å². The molecule has 0 radical (unpaired) electrons. The van der Waals surface area contributed by atoms with E-state index in [9.17, 15) is 0 Å². The standard InChI is InChI=1S/C50H33N/c1-3-11-32(12-4-1)33-19-23-39(24-20-33)51-48-26-22-36(29-46(48)47-31-44-38(30-49(47)51)27-37-15-7-8-16-40(37)44)35-21-25-43-45(28-35)41-17-9-10-18-42(41)50(43)34-13-5-2-6-14-34/h1-26,28-31,50H,27H2. The van der Waals surface area contributed by atoms with Crippen molar-refractivity contribution in [3.05, 3.63) is 210 Å². The predicted molar refractivity (Wildman–Crippen MR) is 213 cm³/mol. The number of hydrogen-bond donors (Lipinski definition) is 0. The Bertz CT molecular complexity index is 2800. The van der Waals surface area contributed by atoms with Crippen LogP contribution < -0.4 is 0 Å². The maximum atomic E-state index is 2.47. The zero-order chi connectivity index (χ0) is 33.5. The number of nitrogens with zero attached hydrogens (tertiary/aromatic N) is 1. The minimum atomic E-state index is 0.255. The first kappa shape index (κ1) is 28.4. The van der Waals surface area contributed by atoms with Crippen molar-refractivity contribution in [1.82, 2.24) is 4.57 Å². The first-order valence-corrected chi connectivity index (χ1v) is 17.9. The number of rotatable bonds is 4. The molecular weight excluding hydrogens is 615 g/mol. The van der Waals surface area contributed by atoms with Crippen molar-refractivity contribution in [3.8, 4) is 50.2 Å². The lowest BCUT2D eigenvalue weighted by atomic mass is 9.89. The highest BCUT2D eigenvalue weighted by molar-refractivity contribution is 6.12. The van der Waals surface area contributed by atoms with E-state index in [1.807, 2.05) is 0 Å². The molecule has 9 aromatic rings. The summed E-state index contributed by atoms with van der Waals surface area (Å²) in [5.74, 6) is 0.255. The Morgan fingerprint density at radius 3 is 1.84 bits per heavy atom. The van der Waals surface area contributed by atoms with E-state index in [-0.39, 0.29) is 5.92 Å². The summed E-state index contributed by atoms with van der Waals surface area (Å²) in [6.45, 7) is 0. The summed E-state index contributed by atoms with van der Waals surface area (Å²) in [7, 11) is 0. The lowest BCUT2D eigenvalue weighted by Gasteiger charge is -2.14. The summed E-state index contributed by atoms with van der Waals surface area (Å²) in [4.78, 5) is 0. The van der Waals surface area contributed by atoms with Gasteiger partial charge in [0.2, 0.25) is 0 Å². The smallest absolute Gasteiger partial charge is 0.0544 e. The number of fused-ring (bicyclic) bond motifs is 9. The largest absolute Gasteiger partial charge is 0.309 e. The van der Waals surface area contributed by atoms with Gasteiger partial charge in [0, 0.05) is 22.4 Å². The predicted octanol–water partition coefficient (Wildman–Crippen LogP) is 12.8. The van der Waals surface area contributed by atoms with Crippen LogP contribution in [-0.4, -0.2) is 4.57 Å². The second-order valence-corrected chi connectivity index (χ2v) is 14.1. The molecule has 1 atom stereocenters. The molecule has 0 saturated heterocycles. The van der Waals surface area contributed by atoms with Gasteiger partial charge in [0.05, 0.1) is 11.0 Å².